The van der Waals surface area contributed by atoms with Crippen LogP contribution in [-0.4, -0.2) is 39.9 Å². The van der Waals surface area contributed by atoms with E-state index in [4.69, 9.17) is 0 Å². The number of hydrogen-bond acceptors (Lipinski definition) is 3. The summed E-state index contributed by atoms with van der Waals surface area (Å²) in [7, 11) is 0.102. The molecule has 1 rings (SSSR count). The summed E-state index contributed by atoms with van der Waals surface area (Å²) in [5.74, 6) is 0. The summed E-state index contributed by atoms with van der Waals surface area (Å²) >= 11 is 0. The maximum Gasteiger partial charge on any atom is 0.243 e. The van der Waals surface area contributed by atoms with Gasteiger partial charge in [-0.25, -0.2) is 12.7 Å². The van der Waals surface area contributed by atoms with Crippen LogP contribution in [0.5, 0.6) is 0 Å². The van der Waals surface area contributed by atoms with Crippen molar-refractivity contribution in [1.82, 2.24) is 9.62 Å². The predicted octanol–water partition coefficient (Wildman–Crippen LogP) is 2.15. The molecule has 0 fully saturated rings. The molecule has 20 heavy (non-hydrogen) atoms. The number of sulfonamides is 1. The molecular weight excluding hydrogens is 272 g/mol. The predicted molar refractivity (Wildman–Crippen MR) is 83.7 cm³/mol. The van der Waals surface area contributed by atoms with Crippen LogP contribution in [0.1, 0.15) is 28.7 Å². The van der Waals surface area contributed by atoms with Crippen LogP contribution in [0.25, 0.3) is 0 Å². The zero-order chi connectivity index (χ0) is 15.5. The van der Waals surface area contributed by atoms with Gasteiger partial charge in [-0.3, -0.25) is 0 Å². The van der Waals surface area contributed by atoms with Gasteiger partial charge in [0.2, 0.25) is 10.0 Å². The molecule has 0 saturated heterocycles. The highest BCUT2D eigenvalue weighted by Gasteiger charge is 2.26. The second-order valence-corrected chi connectivity index (χ2v) is 7.35. The second kappa shape index (κ2) is 6.70. The molecule has 4 nitrogen and oxygen atoms in total. The quantitative estimate of drug-likeness (QED) is 0.819. The van der Waals surface area contributed by atoms with Gasteiger partial charge in [0.15, 0.2) is 0 Å². The molecule has 0 atom stereocenters. The Kier molecular flexibility index (Phi) is 5.74. The molecule has 0 aliphatic rings. The molecule has 1 aromatic rings. The first-order valence-electron chi connectivity index (χ1n) is 6.91. The van der Waals surface area contributed by atoms with E-state index >= 15 is 0 Å². The van der Waals surface area contributed by atoms with Gasteiger partial charge in [0.05, 0.1) is 4.90 Å². The molecule has 0 spiro atoms. The van der Waals surface area contributed by atoms with E-state index in [1.807, 2.05) is 40.8 Å². The van der Waals surface area contributed by atoms with E-state index in [1.165, 1.54) is 4.31 Å². The topological polar surface area (TPSA) is 49.4 Å². The van der Waals surface area contributed by atoms with E-state index in [9.17, 15) is 8.42 Å². The lowest BCUT2D eigenvalue weighted by atomic mass is 10.0. The first-order chi connectivity index (χ1) is 9.23. The molecule has 0 unspecified atom stereocenters. The third kappa shape index (κ3) is 3.40. The molecular formula is C15H26N2O2S. The van der Waals surface area contributed by atoms with Gasteiger partial charge in [0.1, 0.15) is 0 Å². The van der Waals surface area contributed by atoms with E-state index in [0.717, 1.165) is 35.2 Å². The minimum absolute atomic E-state index is 0.474. The third-order valence-electron chi connectivity index (χ3n) is 3.87. The van der Waals surface area contributed by atoms with Crippen LogP contribution in [0.2, 0.25) is 0 Å². The van der Waals surface area contributed by atoms with Crippen molar-refractivity contribution in [3.63, 3.8) is 0 Å². The zero-order valence-electron chi connectivity index (χ0n) is 13.4. The van der Waals surface area contributed by atoms with Crippen LogP contribution in [0.3, 0.4) is 0 Å². The summed E-state index contributed by atoms with van der Waals surface area (Å²) in [6.45, 7) is 9.02. The Bertz CT molecular complexity index is 554. The van der Waals surface area contributed by atoms with Gasteiger partial charge in [0.25, 0.3) is 0 Å². The van der Waals surface area contributed by atoms with Crippen LogP contribution >= 0.6 is 0 Å². The maximum absolute atomic E-state index is 12.8. The molecule has 5 heteroatoms. The van der Waals surface area contributed by atoms with E-state index in [1.54, 1.807) is 7.05 Å². The minimum Gasteiger partial charge on any atom is -0.320 e. The van der Waals surface area contributed by atoms with Crippen molar-refractivity contribution < 1.29 is 8.42 Å². The molecule has 0 saturated carbocycles. The number of nitrogens with zero attached hydrogens (tertiary/aromatic N) is 1. The van der Waals surface area contributed by atoms with Gasteiger partial charge in [-0.1, -0.05) is 6.07 Å². The fourth-order valence-corrected chi connectivity index (χ4v) is 4.10. The second-order valence-electron chi connectivity index (χ2n) is 5.37. The molecule has 0 radical (unpaired) electrons. The highest BCUT2D eigenvalue weighted by atomic mass is 32.2. The lowest BCUT2D eigenvalue weighted by Crippen LogP contribution is -2.31. The van der Waals surface area contributed by atoms with Crippen LogP contribution in [-0.2, 0) is 10.0 Å². The van der Waals surface area contributed by atoms with Gasteiger partial charge in [-0.15, -0.1) is 0 Å². The standard InChI is InChI=1S/C15H26N2O2S/c1-11-10-12(2)14(4)15(13(11)3)20(18,19)17(6)9-7-8-16-5/h10,16H,7-9H2,1-6H3. The Labute approximate surface area is 123 Å². The van der Waals surface area contributed by atoms with Crippen LogP contribution in [0, 0.1) is 27.7 Å². The maximum atomic E-state index is 12.8. The largest absolute Gasteiger partial charge is 0.320 e. The zero-order valence-corrected chi connectivity index (χ0v) is 14.2. The SMILES string of the molecule is CNCCCN(C)S(=O)(=O)c1c(C)c(C)cc(C)c1C. The molecule has 1 aromatic carbocycles. The van der Waals surface area contributed by atoms with Crippen molar-refractivity contribution in [2.24, 2.45) is 0 Å². The average Bonchev–Trinajstić information content (AvgIpc) is 2.36. The summed E-state index contributed by atoms with van der Waals surface area (Å²) in [5.41, 5.74) is 3.76. The third-order valence-corrected chi connectivity index (χ3v) is 6.00. The number of nitrogens with one attached hydrogen (secondary N) is 1. The molecule has 0 aliphatic heterocycles. The minimum atomic E-state index is -3.42. The molecule has 114 valence electrons. The van der Waals surface area contributed by atoms with Crippen molar-refractivity contribution >= 4 is 10.0 Å². The van der Waals surface area contributed by atoms with Crippen LogP contribution in [0.4, 0.5) is 0 Å². The molecule has 0 bridgehead atoms. The van der Waals surface area contributed by atoms with Crippen molar-refractivity contribution in [3.05, 3.63) is 28.3 Å². The summed E-state index contributed by atoms with van der Waals surface area (Å²) in [4.78, 5) is 0.474. The Morgan fingerprint density at radius 2 is 1.60 bits per heavy atom. The molecule has 0 amide bonds. The van der Waals surface area contributed by atoms with Crippen molar-refractivity contribution in [2.75, 3.05) is 27.2 Å². The number of rotatable bonds is 6. The van der Waals surface area contributed by atoms with Crippen molar-refractivity contribution in [1.29, 1.82) is 0 Å². The fraction of sp³-hybridized carbons (Fsp3) is 0.600. The van der Waals surface area contributed by atoms with Crippen molar-refractivity contribution in [2.45, 2.75) is 39.0 Å². The Balaban J connectivity index is 3.22. The first-order valence-corrected chi connectivity index (χ1v) is 8.35. The highest BCUT2D eigenvalue weighted by Crippen LogP contribution is 2.28. The fourth-order valence-electron chi connectivity index (χ4n) is 2.32. The summed E-state index contributed by atoms with van der Waals surface area (Å²) in [5, 5.41) is 3.03. The number of aryl methyl sites for hydroxylation is 2. The van der Waals surface area contributed by atoms with Crippen LogP contribution in [0.15, 0.2) is 11.0 Å². The Morgan fingerprint density at radius 3 is 2.05 bits per heavy atom. The van der Waals surface area contributed by atoms with Gasteiger partial charge < -0.3 is 5.32 Å². The molecule has 1 N–H and O–H groups in total. The molecule has 0 aromatic heterocycles. The van der Waals surface area contributed by atoms with Crippen LogP contribution < -0.4 is 5.32 Å². The summed E-state index contributed by atoms with van der Waals surface area (Å²) < 4.78 is 27.0. The highest BCUT2D eigenvalue weighted by molar-refractivity contribution is 7.89. The number of hydrogen-bond donors (Lipinski definition) is 1. The van der Waals surface area contributed by atoms with Gasteiger partial charge >= 0.3 is 0 Å². The van der Waals surface area contributed by atoms with E-state index in [-0.39, 0.29) is 0 Å². The Hall–Kier alpha value is -0.910. The Morgan fingerprint density at radius 1 is 1.10 bits per heavy atom. The van der Waals surface area contributed by atoms with Gasteiger partial charge in [0, 0.05) is 13.6 Å². The average molecular weight is 298 g/mol. The van der Waals surface area contributed by atoms with E-state index in [2.05, 4.69) is 5.32 Å². The lowest BCUT2D eigenvalue weighted by Gasteiger charge is -2.22. The summed E-state index contributed by atoms with van der Waals surface area (Å²) in [6, 6.07) is 2.05. The number of benzene rings is 1. The summed E-state index contributed by atoms with van der Waals surface area (Å²) in [6.07, 6.45) is 0.801. The smallest absolute Gasteiger partial charge is 0.243 e. The van der Waals surface area contributed by atoms with Gasteiger partial charge in [-0.2, -0.15) is 0 Å². The molecule has 0 aliphatic carbocycles. The van der Waals surface area contributed by atoms with Gasteiger partial charge in [-0.05, 0) is 70.0 Å². The lowest BCUT2D eigenvalue weighted by molar-refractivity contribution is 0.457. The van der Waals surface area contributed by atoms with Crippen molar-refractivity contribution in [3.8, 4) is 0 Å². The van der Waals surface area contributed by atoms with E-state index < -0.39 is 10.0 Å². The van der Waals surface area contributed by atoms with E-state index in [0.29, 0.717) is 11.4 Å². The first kappa shape index (κ1) is 17.1. The normalized spacial score (nSPS) is 12.2. The molecule has 0 heterocycles. The monoisotopic (exact) mass is 298 g/mol.